The molecule has 2 rings (SSSR count). The van der Waals surface area contributed by atoms with E-state index >= 15 is 0 Å². The topological polar surface area (TPSA) is 37.3 Å². The van der Waals surface area contributed by atoms with Crippen LogP contribution in [0.25, 0.3) is 11.1 Å². The molecule has 0 aromatic heterocycles. The third-order valence-electron chi connectivity index (χ3n) is 2.41. The quantitative estimate of drug-likeness (QED) is 0.888. The molecule has 2 aromatic rings. The van der Waals surface area contributed by atoms with Crippen LogP contribution < -0.4 is 0 Å². The minimum Gasteiger partial charge on any atom is -0.478 e. The van der Waals surface area contributed by atoms with Crippen LogP contribution in [0, 0.1) is 17.5 Å². The molecule has 0 saturated heterocycles. The standard InChI is InChI=1S/C13H7F3O2/c14-9-3-1-2-7(4-9)10-5-8(13(17)18)6-11(15)12(10)16/h1-6H,(H,17,18). The predicted molar refractivity (Wildman–Crippen MR) is 58.7 cm³/mol. The van der Waals surface area contributed by atoms with Crippen molar-refractivity contribution in [3.8, 4) is 11.1 Å². The van der Waals surface area contributed by atoms with Gasteiger partial charge in [0.1, 0.15) is 5.82 Å². The van der Waals surface area contributed by atoms with Crippen LogP contribution in [0.1, 0.15) is 10.4 Å². The Kier molecular flexibility index (Phi) is 3.06. The summed E-state index contributed by atoms with van der Waals surface area (Å²) >= 11 is 0. The molecule has 0 atom stereocenters. The second-order valence-corrected chi connectivity index (χ2v) is 3.64. The van der Waals surface area contributed by atoms with Crippen LogP contribution in [0.3, 0.4) is 0 Å². The molecule has 0 saturated carbocycles. The van der Waals surface area contributed by atoms with Gasteiger partial charge < -0.3 is 5.11 Å². The van der Waals surface area contributed by atoms with Gasteiger partial charge in [0, 0.05) is 5.56 Å². The highest BCUT2D eigenvalue weighted by atomic mass is 19.2. The van der Waals surface area contributed by atoms with Gasteiger partial charge in [-0.25, -0.2) is 18.0 Å². The Bertz CT molecular complexity index is 624. The molecule has 0 heterocycles. The predicted octanol–water partition coefficient (Wildman–Crippen LogP) is 3.47. The van der Waals surface area contributed by atoms with Crippen LogP contribution in [0.2, 0.25) is 0 Å². The van der Waals surface area contributed by atoms with Crippen molar-refractivity contribution in [2.75, 3.05) is 0 Å². The molecule has 92 valence electrons. The molecule has 0 fully saturated rings. The molecule has 0 aliphatic heterocycles. The Morgan fingerprint density at radius 2 is 1.78 bits per heavy atom. The molecule has 0 radical (unpaired) electrons. The summed E-state index contributed by atoms with van der Waals surface area (Å²) in [6, 6.07) is 6.40. The second-order valence-electron chi connectivity index (χ2n) is 3.64. The zero-order valence-corrected chi connectivity index (χ0v) is 8.95. The van der Waals surface area contributed by atoms with Gasteiger partial charge in [-0.1, -0.05) is 12.1 Å². The minimum absolute atomic E-state index is 0.0782. The molecule has 0 spiro atoms. The van der Waals surface area contributed by atoms with Gasteiger partial charge in [-0.15, -0.1) is 0 Å². The van der Waals surface area contributed by atoms with Gasteiger partial charge in [0.15, 0.2) is 11.6 Å². The van der Waals surface area contributed by atoms with Gasteiger partial charge in [-0.2, -0.15) is 0 Å². The third kappa shape index (κ3) is 2.20. The lowest BCUT2D eigenvalue weighted by molar-refractivity contribution is 0.0696. The van der Waals surface area contributed by atoms with Crippen molar-refractivity contribution in [3.05, 3.63) is 59.4 Å². The lowest BCUT2D eigenvalue weighted by Gasteiger charge is -2.06. The van der Waals surface area contributed by atoms with Gasteiger partial charge in [-0.05, 0) is 29.8 Å². The van der Waals surface area contributed by atoms with E-state index in [4.69, 9.17) is 5.11 Å². The molecule has 18 heavy (non-hydrogen) atoms. The van der Waals surface area contributed by atoms with E-state index in [1.807, 2.05) is 0 Å². The first-order chi connectivity index (χ1) is 8.49. The molecule has 2 nitrogen and oxygen atoms in total. The SMILES string of the molecule is O=C(O)c1cc(F)c(F)c(-c2cccc(F)c2)c1. The summed E-state index contributed by atoms with van der Waals surface area (Å²) in [6.45, 7) is 0. The molecule has 2 aromatic carbocycles. The fourth-order valence-electron chi connectivity index (χ4n) is 1.58. The first kappa shape index (κ1) is 12.2. The van der Waals surface area contributed by atoms with E-state index in [2.05, 4.69) is 0 Å². The highest BCUT2D eigenvalue weighted by Crippen LogP contribution is 2.26. The van der Waals surface area contributed by atoms with Gasteiger partial charge in [-0.3, -0.25) is 0 Å². The number of hydrogen-bond acceptors (Lipinski definition) is 1. The van der Waals surface area contributed by atoms with Crippen LogP contribution in [-0.2, 0) is 0 Å². The van der Waals surface area contributed by atoms with Crippen molar-refractivity contribution in [1.29, 1.82) is 0 Å². The van der Waals surface area contributed by atoms with Crippen molar-refractivity contribution in [2.45, 2.75) is 0 Å². The fourth-order valence-corrected chi connectivity index (χ4v) is 1.58. The van der Waals surface area contributed by atoms with Crippen LogP contribution in [0.5, 0.6) is 0 Å². The second kappa shape index (κ2) is 4.52. The first-order valence-electron chi connectivity index (χ1n) is 4.97. The average Bonchev–Trinajstić information content (AvgIpc) is 2.32. The van der Waals surface area contributed by atoms with E-state index < -0.39 is 29.0 Å². The summed E-state index contributed by atoms with van der Waals surface area (Å²) in [6.07, 6.45) is 0. The zero-order valence-electron chi connectivity index (χ0n) is 8.95. The average molecular weight is 252 g/mol. The summed E-state index contributed by atoms with van der Waals surface area (Å²) in [5, 5.41) is 8.76. The molecule has 0 bridgehead atoms. The number of rotatable bonds is 2. The molecule has 0 aliphatic rings. The normalized spacial score (nSPS) is 10.4. The molecule has 5 heteroatoms. The molecule has 0 aliphatic carbocycles. The molecular formula is C13H7F3O2. The number of halogens is 3. The van der Waals surface area contributed by atoms with Crippen LogP contribution in [-0.4, -0.2) is 11.1 Å². The molecule has 0 amide bonds. The van der Waals surface area contributed by atoms with Crippen LogP contribution in [0.15, 0.2) is 36.4 Å². The summed E-state index contributed by atoms with van der Waals surface area (Å²) in [5.74, 6) is -4.49. The van der Waals surface area contributed by atoms with Gasteiger partial charge in [0.05, 0.1) is 5.56 Å². The molecule has 1 N–H and O–H groups in total. The highest BCUT2D eigenvalue weighted by Gasteiger charge is 2.15. The fraction of sp³-hybridized carbons (Fsp3) is 0. The van der Waals surface area contributed by atoms with Crippen molar-refractivity contribution >= 4 is 5.97 Å². The maximum Gasteiger partial charge on any atom is 0.335 e. The van der Waals surface area contributed by atoms with Crippen molar-refractivity contribution in [2.24, 2.45) is 0 Å². The van der Waals surface area contributed by atoms with E-state index in [0.29, 0.717) is 6.07 Å². The minimum atomic E-state index is -1.38. The number of aromatic carboxylic acids is 1. The van der Waals surface area contributed by atoms with E-state index in [-0.39, 0.29) is 11.1 Å². The van der Waals surface area contributed by atoms with E-state index in [1.54, 1.807) is 0 Å². The molecular weight excluding hydrogens is 245 g/mol. The van der Waals surface area contributed by atoms with Crippen LogP contribution in [0.4, 0.5) is 13.2 Å². The van der Waals surface area contributed by atoms with Gasteiger partial charge in [0.2, 0.25) is 0 Å². The summed E-state index contributed by atoms with van der Waals surface area (Å²) in [5.41, 5.74) is -0.602. The van der Waals surface area contributed by atoms with Crippen molar-refractivity contribution < 1.29 is 23.1 Å². The summed E-state index contributed by atoms with van der Waals surface area (Å²) in [4.78, 5) is 10.8. The lowest BCUT2D eigenvalue weighted by atomic mass is 10.0. The monoisotopic (exact) mass is 252 g/mol. The largest absolute Gasteiger partial charge is 0.478 e. The Morgan fingerprint density at radius 1 is 1.06 bits per heavy atom. The highest BCUT2D eigenvalue weighted by molar-refractivity contribution is 5.89. The first-order valence-corrected chi connectivity index (χ1v) is 4.97. The van der Waals surface area contributed by atoms with Crippen molar-refractivity contribution in [3.63, 3.8) is 0 Å². The van der Waals surface area contributed by atoms with Crippen molar-refractivity contribution in [1.82, 2.24) is 0 Å². The zero-order chi connectivity index (χ0) is 13.3. The summed E-state index contributed by atoms with van der Waals surface area (Å²) < 4.78 is 39.8. The van der Waals surface area contributed by atoms with Crippen LogP contribution >= 0.6 is 0 Å². The number of benzene rings is 2. The Labute approximate surface area is 100 Å². The number of carbonyl (C=O) groups is 1. The maximum atomic E-state index is 13.6. The number of carboxylic acid groups (broad SMARTS) is 1. The van der Waals surface area contributed by atoms with E-state index in [9.17, 15) is 18.0 Å². The lowest BCUT2D eigenvalue weighted by Crippen LogP contribution is -2.00. The Hall–Kier alpha value is -2.30. The van der Waals surface area contributed by atoms with Gasteiger partial charge >= 0.3 is 5.97 Å². The van der Waals surface area contributed by atoms with E-state index in [1.165, 1.54) is 12.1 Å². The molecule has 0 unspecified atom stereocenters. The Morgan fingerprint density at radius 3 is 2.39 bits per heavy atom. The smallest absolute Gasteiger partial charge is 0.335 e. The maximum absolute atomic E-state index is 13.6. The summed E-state index contributed by atoms with van der Waals surface area (Å²) in [7, 11) is 0. The van der Waals surface area contributed by atoms with Gasteiger partial charge in [0.25, 0.3) is 0 Å². The Balaban J connectivity index is 2.66. The number of carboxylic acids is 1. The number of hydrogen-bond donors (Lipinski definition) is 1. The third-order valence-corrected chi connectivity index (χ3v) is 2.41. The van der Waals surface area contributed by atoms with E-state index in [0.717, 1.165) is 18.2 Å².